The van der Waals surface area contributed by atoms with Gasteiger partial charge in [0.25, 0.3) is 0 Å². The van der Waals surface area contributed by atoms with Crippen molar-refractivity contribution in [3.63, 3.8) is 0 Å². The molecule has 2 rings (SSSR count). The van der Waals surface area contributed by atoms with Crippen LogP contribution in [0.1, 0.15) is 38.5 Å². The summed E-state index contributed by atoms with van der Waals surface area (Å²) >= 11 is 0. The van der Waals surface area contributed by atoms with Crippen LogP contribution >= 0.6 is 0 Å². The largest absolute Gasteiger partial charge is 0.387 e. The fraction of sp³-hybridized carbons (Fsp3) is 0.769. The molecule has 1 N–H and O–H groups in total. The summed E-state index contributed by atoms with van der Waals surface area (Å²) in [6.45, 7) is 4.60. The Balaban J connectivity index is 1.63. The number of hydrogen-bond acceptors (Lipinski definition) is 3. The molecule has 1 saturated heterocycles. The third-order valence-corrected chi connectivity index (χ3v) is 3.45. The Labute approximate surface area is 97.9 Å². The lowest BCUT2D eigenvalue weighted by molar-refractivity contribution is -0.114. The van der Waals surface area contributed by atoms with Gasteiger partial charge in [-0.2, -0.15) is 0 Å². The van der Waals surface area contributed by atoms with Crippen molar-refractivity contribution < 1.29 is 4.79 Å². The third-order valence-electron chi connectivity index (χ3n) is 3.45. The van der Waals surface area contributed by atoms with Crippen LogP contribution in [0.3, 0.4) is 0 Å². The van der Waals surface area contributed by atoms with E-state index in [1.54, 1.807) is 6.08 Å². The summed E-state index contributed by atoms with van der Waals surface area (Å²) in [4.78, 5) is 13.6. The van der Waals surface area contributed by atoms with E-state index >= 15 is 0 Å². The quantitative estimate of drug-likeness (QED) is 0.786. The lowest BCUT2D eigenvalue weighted by Crippen LogP contribution is -2.32. The SMILES string of the molecule is O=C1C=C(NCCN2CCCCCC2)CC1. The van der Waals surface area contributed by atoms with Crippen LogP contribution in [0, 0.1) is 0 Å². The van der Waals surface area contributed by atoms with E-state index in [0.717, 1.165) is 25.2 Å². The molecular weight excluding hydrogens is 200 g/mol. The summed E-state index contributed by atoms with van der Waals surface area (Å²) in [7, 11) is 0. The van der Waals surface area contributed by atoms with Crippen molar-refractivity contribution in [2.75, 3.05) is 26.2 Å². The van der Waals surface area contributed by atoms with E-state index in [-0.39, 0.29) is 5.78 Å². The van der Waals surface area contributed by atoms with Crippen LogP contribution in [0.15, 0.2) is 11.8 Å². The predicted molar refractivity (Wildman–Crippen MR) is 65.2 cm³/mol. The lowest BCUT2D eigenvalue weighted by Gasteiger charge is -2.20. The van der Waals surface area contributed by atoms with Crippen molar-refractivity contribution in [1.29, 1.82) is 0 Å². The molecule has 3 heteroatoms. The molecule has 0 spiro atoms. The lowest BCUT2D eigenvalue weighted by atomic mass is 10.2. The molecule has 0 radical (unpaired) electrons. The van der Waals surface area contributed by atoms with Gasteiger partial charge in [-0.3, -0.25) is 4.79 Å². The summed E-state index contributed by atoms with van der Waals surface area (Å²) in [6.07, 6.45) is 8.86. The smallest absolute Gasteiger partial charge is 0.157 e. The molecule has 0 saturated carbocycles. The Morgan fingerprint density at radius 1 is 1.12 bits per heavy atom. The highest BCUT2D eigenvalue weighted by molar-refractivity contribution is 5.92. The predicted octanol–water partition coefficient (Wildman–Crippen LogP) is 1.70. The van der Waals surface area contributed by atoms with E-state index in [1.165, 1.54) is 38.8 Å². The second kappa shape index (κ2) is 6.04. The zero-order valence-corrected chi connectivity index (χ0v) is 10.0. The third kappa shape index (κ3) is 3.63. The summed E-state index contributed by atoms with van der Waals surface area (Å²) in [5.41, 5.74) is 1.14. The molecule has 3 nitrogen and oxygen atoms in total. The monoisotopic (exact) mass is 222 g/mol. The maximum atomic E-state index is 11.0. The number of ketones is 1. The highest BCUT2D eigenvalue weighted by Gasteiger charge is 2.12. The van der Waals surface area contributed by atoms with Gasteiger partial charge >= 0.3 is 0 Å². The molecule has 1 aliphatic heterocycles. The number of nitrogens with one attached hydrogen (secondary N) is 1. The Morgan fingerprint density at radius 3 is 2.50 bits per heavy atom. The van der Waals surface area contributed by atoms with Crippen LogP contribution in [0.4, 0.5) is 0 Å². The minimum absolute atomic E-state index is 0.275. The number of nitrogens with zero attached hydrogens (tertiary/aromatic N) is 1. The Kier molecular flexibility index (Phi) is 4.40. The van der Waals surface area contributed by atoms with Crippen LogP contribution < -0.4 is 5.32 Å². The summed E-state index contributed by atoms with van der Waals surface area (Å²) < 4.78 is 0. The van der Waals surface area contributed by atoms with Crippen LogP contribution in [-0.2, 0) is 4.79 Å². The van der Waals surface area contributed by atoms with Gasteiger partial charge in [-0.15, -0.1) is 0 Å². The van der Waals surface area contributed by atoms with E-state index in [1.807, 2.05) is 0 Å². The molecule has 0 unspecified atom stereocenters. The summed E-state index contributed by atoms with van der Waals surface area (Å²) in [6, 6.07) is 0. The van der Waals surface area contributed by atoms with Gasteiger partial charge in [0, 0.05) is 31.3 Å². The van der Waals surface area contributed by atoms with Crippen molar-refractivity contribution in [1.82, 2.24) is 10.2 Å². The van der Waals surface area contributed by atoms with E-state index in [2.05, 4.69) is 10.2 Å². The molecule has 0 atom stereocenters. The van der Waals surface area contributed by atoms with Gasteiger partial charge in [0.15, 0.2) is 5.78 Å². The van der Waals surface area contributed by atoms with Gasteiger partial charge < -0.3 is 10.2 Å². The number of likely N-dealkylation sites (tertiary alicyclic amines) is 1. The topological polar surface area (TPSA) is 32.3 Å². The molecule has 1 fully saturated rings. The molecule has 0 amide bonds. The summed E-state index contributed by atoms with van der Waals surface area (Å²) in [5, 5.41) is 3.38. The first-order valence-electron chi connectivity index (χ1n) is 6.54. The molecule has 0 aromatic carbocycles. The number of allylic oxidation sites excluding steroid dienone is 2. The van der Waals surface area contributed by atoms with Gasteiger partial charge in [0.2, 0.25) is 0 Å². The van der Waals surface area contributed by atoms with Gasteiger partial charge in [-0.25, -0.2) is 0 Å². The van der Waals surface area contributed by atoms with Gasteiger partial charge in [-0.1, -0.05) is 12.8 Å². The summed E-state index contributed by atoms with van der Waals surface area (Å²) in [5.74, 6) is 0.275. The highest BCUT2D eigenvalue weighted by Crippen LogP contribution is 2.12. The first-order valence-corrected chi connectivity index (χ1v) is 6.54. The number of hydrogen-bond donors (Lipinski definition) is 1. The molecule has 90 valence electrons. The fourth-order valence-corrected chi connectivity index (χ4v) is 2.47. The number of carbonyl (C=O) groups is 1. The van der Waals surface area contributed by atoms with Crippen LogP contribution in [0.2, 0.25) is 0 Å². The maximum Gasteiger partial charge on any atom is 0.157 e. The Bertz CT molecular complexity index is 265. The first-order chi connectivity index (χ1) is 7.84. The molecule has 0 bridgehead atoms. The van der Waals surface area contributed by atoms with E-state index in [4.69, 9.17) is 0 Å². The van der Waals surface area contributed by atoms with E-state index < -0.39 is 0 Å². The zero-order chi connectivity index (χ0) is 11.2. The van der Waals surface area contributed by atoms with Gasteiger partial charge in [0.05, 0.1) is 0 Å². The molecule has 0 aromatic rings. The number of rotatable bonds is 4. The molecular formula is C13H22N2O. The zero-order valence-electron chi connectivity index (χ0n) is 10.0. The molecule has 2 aliphatic rings. The van der Waals surface area contributed by atoms with Crippen LogP contribution in [0.25, 0.3) is 0 Å². The average molecular weight is 222 g/mol. The van der Waals surface area contributed by atoms with Crippen LogP contribution in [0.5, 0.6) is 0 Å². The van der Waals surface area contributed by atoms with Crippen molar-refractivity contribution in [3.8, 4) is 0 Å². The normalized spacial score (nSPS) is 23.0. The minimum atomic E-state index is 0.275. The van der Waals surface area contributed by atoms with Crippen molar-refractivity contribution in [2.45, 2.75) is 38.5 Å². The standard InChI is InChI=1S/C13H22N2O/c16-13-6-5-12(11-13)14-7-10-15-8-3-1-2-4-9-15/h11,14H,1-10H2. The molecule has 16 heavy (non-hydrogen) atoms. The van der Waals surface area contributed by atoms with Gasteiger partial charge in [0.1, 0.15) is 0 Å². The average Bonchev–Trinajstić information content (AvgIpc) is 2.54. The van der Waals surface area contributed by atoms with Crippen LogP contribution in [-0.4, -0.2) is 36.9 Å². The van der Waals surface area contributed by atoms with E-state index in [0.29, 0.717) is 6.42 Å². The maximum absolute atomic E-state index is 11.0. The van der Waals surface area contributed by atoms with Crippen molar-refractivity contribution >= 4 is 5.78 Å². The van der Waals surface area contributed by atoms with Gasteiger partial charge in [-0.05, 0) is 32.4 Å². The molecule has 0 aromatic heterocycles. The Hall–Kier alpha value is -0.830. The number of carbonyl (C=O) groups excluding carboxylic acids is 1. The van der Waals surface area contributed by atoms with Crippen molar-refractivity contribution in [3.05, 3.63) is 11.8 Å². The Morgan fingerprint density at radius 2 is 1.88 bits per heavy atom. The first kappa shape index (κ1) is 11.6. The van der Waals surface area contributed by atoms with Crippen molar-refractivity contribution in [2.24, 2.45) is 0 Å². The highest BCUT2D eigenvalue weighted by atomic mass is 16.1. The second-order valence-corrected chi connectivity index (χ2v) is 4.82. The molecule has 1 aliphatic carbocycles. The minimum Gasteiger partial charge on any atom is -0.387 e. The molecule has 1 heterocycles. The fourth-order valence-electron chi connectivity index (χ4n) is 2.47. The van der Waals surface area contributed by atoms with E-state index in [9.17, 15) is 4.79 Å². The second-order valence-electron chi connectivity index (χ2n) is 4.82.